The first-order valence-electron chi connectivity index (χ1n) is 7.98. The zero-order valence-electron chi connectivity index (χ0n) is 13.8. The number of hydrogen-bond donors (Lipinski definition) is 0. The highest BCUT2D eigenvalue weighted by Gasteiger charge is 2.32. The van der Waals surface area contributed by atoms with Gasteiger partial charge in [-0.15, -0.1) is 11.3 Å². The Labute approximate surface area is 141 Å². The Bertz CT molecular complexity index is 760. The van der Waals surface area contributed by atoms with Crippen molar-refractivity contribution in [2.75, 3.05) is 0 Å². The standard InChI is InChI=1S/C19H21N3S/c1-19(2,3)14-6-7-15-16(10-20)18(23-17(15)9-14)22-12-13-5-4-8-21-11-13/h4-5,8,11-12,14H,6-7,9H2,1-3H3/t14-/m1/s1. The van der Waals surface area contributed by atoms with Gasteiger partial charge in [-0.2, -0.15) is 5.26 Å². The average Bonchev–Trinajstić information content (AvgIpc) is 2.89. The van der Waals surface area contributed by atoms with E-state index in [0.29, 0.717) is 11.3 Å². The second-order valence-electron chi connectivity index (χ2n) is 7.15. The van der Waals surface area contributed by atoms with Crippen LogP contribution in [0.4, 0.5) is 5.00 Å². The van der Waals surface area contributed by atoms with Crippen LogP contribution in [-0.2, 0) is 12.8 Å². The number of nitriles is 1. The van der Waals surface area contributed by atoms with Crippen molar-refractivity contribution in [1.29, 1.82) is 5.26 Å². The third kappa shape index (κ3) is 3.35. The molecule has 2 heterocycles. The molecular weight excluding hydrogens is 302 g/mol. The number of nitrogens with zero attached hydrogens (tertiary/aromatic N) is 3. The van der Waals surface area contributed by atoms with Crippen molar-refractivity contribution >= 4 is 22.6 Å². The molecule has 1 aliphatic rings. The fraction of sp³-hybridized carbons (Fsp3) is 0.421. The number of rotatable bonds is 2. The summed E-state index contributed by atoms with van der Waals surface area (Å²) in [6.07, 6.45) is 8.55. The molecule has 0 aromatic carbocycles. The Kier molecular flexibility index (Phi) is 4.32. The topological polar surface area (TPSA) is 49.0 Å². The van der Waals surface area contributed by atoms with Gasteiger partial charge in [0.05, 0.1) is 5.56 Å². The van der Waals surface area contributed by atoms with E-state index in [1.165, 1.54) is 10.4 Å². The van der Waals surface area contributed by atoms with E-state index in [1.807, 2.05) is 12.1 Å². The summed E-state index contributed by atoms with van der Waals surface area (Å²) < 4.78 is 0. The molecule has 0 N–H and O–H groups in total. The fourth-order valence-electron chi connectivity index (χ4n) is 3.10. The van der Waals surface area contributed by atoms with Gasteiger partial charge < -0.3 is 0 Å². The van der Waals surface area contributed by atoms with Crippen LogP contribution in [0.2, 0.25) is 0 Å². The normalized spacial score (nSPS) is 17.9. The number of hydrogen-bond acceptors (Lipinski definition) is 4. The summed E-state index contributed by atoms with van der Waals surface area (Å²) >= 11 is 1.68. The maximum atomic E-state index is 9.56. The summed E-state index contributed by atoms with van der Waals surface area (Å²) in [5, 5.41) is 10.4. The molecule has 0 unspecified atom stereocenters. The van der Waals surface area contributed by atoms with Crippen LogP contribution >= 0.6 is 11.3 Å². The van der Waals surface area contributed by atoms with E-state index < -0.39 is 0 Å². The molecule has 1 atom stereocenters. The molecule has 0 saturated carbocycles. The van der Waals surface area contributed by atoms with Crippen molar-refractivity contribution in [2.24, 2.45) is 16.3 Å². The lowest BCUT2D eigenvalue weighted by molar-refractivity contribution is 0.218. The van der Waals surface area contributed by atoms with Crippen LogP contribution in [0, 0.1) is 22.7 Å². The smallest absolute Gasteiger partial charge is 0.134 e. The van der Waals surface area contributed by atoms with Gasteiger partial charge in [-0.3, -0.25) is 4.98 Å². The molecule has 23 heavy (non-hydrogen) atoms. The lowest BCUT2D eigenvalue weighted by Gasteiger charge is -2.33. The Hall–Kier alpha value is -1.99. The van der Waals surface area contributed by atoms with E-state index in [4.69, 9.17) is 0 Å². The Morgan fingerprint density at radius 1 is 1.43 bits per heavy atom. The SMILES string of the molecule is CC(C)(C)[C@@H]1CCc2c(sc(N=Cc3cccnc3)c2C#N)C1. The summed E-state index contributed by atoms with van der Waals surface area (Å²) in [6, 6.07) is 6.23. The first kappa shape index (κ1) is 15.9. The van der Waals surface area contributed by atoms with Crippen LogP contribution in [-0.4, -0.2) is 11.2 Å². The summed E-state index contributed by atoms with van der Waals surface area (Å²) in [5.41, 5.74) is 3.28. The second-order valence-corrected chi connectivity index (χ2v) is 8.23. The van der Waals surface area contributed by atoms with E-state index in [2.05, 4.69) is 36.8 Å². The zero-order valence-corrected chi connectivity index (χ0v) is 14.7. The number of fused-ring (bicyclic) bond motifs is 1. The lowest BCUT2D eigenvalue weighted by atomic mass is 9.72. The molecule has 2 aromatic heterocycles. The van der Waals surface area contributed by atoms with Gasteiger partial charge in [0.15, 0.2) is 0 Å². The van der Waals surface area contributed by atoms with Crippen molar-refractivity contribution in [1.82, 2.24) is 4.98 Å². The van der Waals surface area contributed by atoms with Crippen LogP contribution in [0.25, 0.3) is 0 Å². The molecule has 118 valence electrons. The van der Waals surface area contributed by atoms with E-state index in [9.17, 15) is 5.26 Å². The third-order valence-electron chi connectivity index (χ3n) is 4.60. The van der Waals surface area contributed by atoms with E-state index in [1.54, 1.807) is 29.9 Å². The van der Waals surface area contributed by atoms with Gasteiger partial charge in [-0.25, -0.2) is 4.99 Å². The maximum Gasteiger partial charge on any atom is 0.134 e. The predicted octanol–water partition coefficient (Wildman–Crippen LogP) is 4.92. The predicted molar refractivity (Wildman–Crippen MR) is 95.5 cm³/mol. The first-order chi connectivity index (χ1) is 11.0. The Morgan fingerprint density at radius 3 is 2.91 bits per heavy atom. The van der Waals surface area contributed by atoms with Gasteiger partial charge in [-0.05, 0) is 42.2 Å². The lowest BCUT2D eigenvalue weighted by Crippen LogP contribution is -2.26. The molecule has 0 amide bonds. The summed E-state index contributed by atoms with van der Waals surface area (Å²) in [4.78, 5) is 10.0. The van der Waals surface area contributed by atoms with Crippen LogP contribution in [0.15, 0.2) is 29.5 Å². The Balaban J connectivity index is 1.91. The zero-order chi connectivity index (χ0) is 16.4. The van der Waals surface area contributed by atoms with Crippen molar-refractivity contribution in [2.45, 2.75) is 40.0 Å². The monoisotopic (exact) mass is 323 g/mol. The molecule has 3 nitrogen and oxygen atoms in total. The molecule has 0 fully saturated rings. The summed E-state index contributed by atoms with van der Waals surface area (Å²) in [5.74, 6) is 0.676. The quantitative estimate of drug-likeness (QED) is 0.737. The maximum absolute atomic E-state index is 9.56. The minimum Gasteiger partial charge on any atom is -0.264 e. The van der Waals surface area contributed by atoms with Gasteiger partial charge in [0.2, 0.25) is 0 Å². The highest BCUT2D eigenvalue weighted by atomic mass is 32.1. The molecule has 0 bridgehead atoms. The van der Waals surface area contributed by atoms with Gasteiger partial charge in [0, 0.05) is 29.0 Å². The Morgan fingerprint density at radius 2 is 2.26 bits per heavy atom. The molecule has 2 aromatic rings. The van der Waals surface area contributed by atoms with Crippen LogP contribution < -0.4 is 0 Å². The van der Waals surface area contributed by atoms with Crippen molar-refractivity contribution in [3.8, 4) is 6.07 Å². The van der Waals surface area contributed by atoms with E-state index in [-0.39, 0.29) is 0 Å². The summed E-state index contributed by atoms with van der Waals surface area (Å²) in [6.45, 7) is 6.93. The van der Waals surface area contributed by atoms with Gasteiger partial charge in [0.1, 0.15) is 11.1 Å². The van der Waals surface area contributed by atoms with Crippen molar-refractivity contribution < 1.29 is 0 Å². The number of aliphatic imine (C=N–C) groups is 1. The second kappa shape index (κ2) is 6.25. The molecule has 0 spiro atoms. The van der Waals surface area contributed by atoms with E-state index >= 15 is 0 Å². The number of aromatic nitrogens is 1. The van der Waals surface area contributed by atoms with Crippen LogP contribution in [0.3, 0.4) is 0 Å². The van der Waals surface area contributed by atoms with Crippen molar-refractivity contribution in [3.63, 3.8) is 0 Å². The third-order valence-corrected chi connectivity index (χ3v) is 5.76. The molecule has 1 aliphatic carbocycles. The van der Waals surface area contributed by atoms with Gasteiger partial charge in [0.25, 0.3) is 0 Å². The minimum atomic E-state index is 0.313. The average molecular weight is 323 g/mol. The van der Waals surface area contributed by atoms with Crippen LogP contribution in [0.5, 0.6) is 0 Å². The highest BCUT2D eigenvalue weighted by Crippen LogP contribution is 2.44. The van der Waals surface area contributed by atoms with Gasteiger partial charge in [-0.1, -0.05) is 26.8 Å². The molecule has 4 heteroatoms. The molecular formula is C19H21N3S. The minimum absolute atomic E-state index is 0.313. The molecule has 0 saturated heterocycles. The van der Waals surface area contributed by atoms with Gasteiger partial charge >= 0.3 is 0 Å². The number of pyridine rings is 1. The van der Waals surface area contributed by atoms with Crippen molar-refractivity contribution in [3.05, 3.63) is 46.1 Å². The largest absolute Gasteiger partial charge is 0.264 e. The molecule has 3 rings (SSSR count). The number of thiophene rings is 1. The molecule has 0 radical (unpaired) electrons. The van der Waals surface area contributed by atoms with Crippen LogP contribution in [0.1, 0.15) is 48.8 Å². The summed E-state index contributed by atoms with van der Waals surface area (Å²) in [7, 11) is 0. The fourth-order valence-corrected chi connectivity index (χ4v) is 4.32. The molecule has 0 aliphatic heterocycles. The highest BCUT2D eigenvalue weighted by molar-refractivity contribution is 7.16. The first-order valence-corrected chi connectivity index (χ1v) is 8.79. The van der Waals surface area contributed by atoms with E-state index in [0.717, 1.165) is 35.4 Å².